The molecule has 0 fully saturated rings. The van der Waals surface area contributed by atoms with Crippen molar-refractivity contribution in [1.29, 1.82) is 0 Å². The lowest BCUT2D eigenvalue weighted by molar-refractivity contribution is 0.134. The first-order valence-electron chi connectivity index (χ1n) is 5.73. The molecule has 0 amide bonds. The maximum Gasteiger partial charge on any atom is 0.0716 e. The predicted octanol–water partition coefficient (Wildman–Crippen LogP) is 2.38. The van der Waals surface area contributed by atoms with Crippen LogP contribution in [0.3, 0.4) is 0 Å². The van der Waals surface area contributed by atoms with Crippen LogP contribution in [-0.4, -0.2) is 19.7 Å². The molecule has 0 aliphatic carbocycles. The number of rotatable bonds is 7. The van der Waals surface area contributed by atoms with E-state index in [4.69, 9.17) is 4.74 Å². The zero-order valence-electron chi connectivity index (χ0n) is 9.75. The first-order valence-corrected chi connectivity index (χ1v) is 5.73. The maximum atomic E-state index is 5.35. The van der Waals surface area contributed by atoms with Crippen LogP contribution in [0, 0.1) is 0 Å². The number of ether oxygens (including phenoxy) is 1. The smallest absolute Gasteiger partial charge is 0.0716 e. The third-order valence-corrected chi connectivity index (χ3v) is 2.34. The molecule has 1 rings (SSSR count). The summed E-state index contributed by atoms with van der Waals surface area (Å²) in [5.74, 6) is 0. The van der Waals surface area contributed by atoms with E-state index in [9.17, 15) is 0 Å². The molecular formula is C13H21NO. The van der Waals surface area contributed by atoms with Crippen LogP contribution in [0.4, 0.5) is 0 Å². The molecule has 0 unspecified atom stereocenters. The molecule has 1 N–H and O–H groups in total. The quantitative estimate of drug-likeness (QED) is 0.693. The topological polar surface area (TPSA) is 21.3 Å². The predicted molar refractivity (Wildman–Crippen MR) is 64.0 cm³/mol. The van der Waals surface area contributed by atoms with Crippen molar-refractivity contribution in [2.24, 2.45) is 0 Å². The number of likely N-dealkylation sites (N-methyl/N-ethyl adjacent to an activating group) is 1. The highest BCUT2D eigenvalue weighted by molar-refractivity contribution is 5.22. The molecule has 0 aliphatic rings. The second-order valence-corrected chi connectivity index (χ2v) is 3.56. The second kappa shape index (κ2) is 7.43. The Labute approximate surface area is 92.6 Å². The van der Waals surface area contributed by atoms with E-state index in [1.54, 1.807) is 0 Å². The number of hydrogen-bond acceptors (Lipinski definition) is 2. The Bertz CT molecular complexity index is 256. The van der Waals surface area contributed by atoms with Gasteiger partial charge in [-0.05, 0) is 37.6 Å². The lowest BCUT2D eigenvalue weighted by Gasteiger charge is -2.04. The van der Waals surface area contributed by atoms with Gasteiger partial charge in [0.1, 0.15) is 0 Å². The summed E-state index contributed by atoms with van der Waals surface area (Å²) in [5.41, 5.74) is 2.64. The van der Waals surface area contributed by atoms with Gasteiger partial charge < -0.3 is 10.1 Å². The Morgan fingerprint density at radius 3 is 2.33 bits per heavy atom. The van der Waals surface area contributed by atoms with Gasteiger partial charge in [-0.3, -0.25) is 0 Å². The third-order valence-electron chi connectivity index (χ3n) is 2.34. The number of nitrogens with one attached hydrogen (secondary N) is 1. The van der Waals surface area contributed by atoms with Crippen LogP contribution < -0.4 is 5.32 Å². The fraction of sp³-hybridized carbons (Fsp3) is 0.538. The Kier molecular flexibility index (Phi) is 6.05. The minimum absolute atomic E-state index is 0.726. The van der Waals surface area contributed by atoms with Gasteiger partial charge in [0.15, 0.2) is 0 Å². The van der Waals surface area contributed by atoms with Gasteiger partial charge in [-0.25, -0.2) is 0 Å². The lowest BCUT2D eigenvalue weighted by atomic mass is 10.1. The summed E-state index contributed by atoms with van der Waals surface area (Å²) in [4.78, 5) is 0. The van der Waals surface area contributed by atoms with Gasteiger partial charge in [0.2, 0.25) is 0 Å². The molecule has 1 aromatic carbocycles. The fourth-order valence-corrected chi connectivity index (χ4v) is 1.43. The normalized spacial score (nSPS) is 10.5. The van der Waals surface area contributed by atoms with Crippen molar-refractivity contribution in [3.05, 3.63) is 35.4 Å². The SMILES string of the molecule is CCNCCc1ccc(COCC)cc1. The van der Waals surface area contributed by atoms with Gasteiger partial charge in [-0.2, -0.15) is 0 Å². The standard InChI is InChI=1S/C13H21NO/c1-3-14-10-9-12-5-7-13(8-6-12)11-15-4-2/h5-8,14H,3-4,9-11H2,1-2H3. The Balaban J connectivity index is 2.35. The molecule has 2 heteroatoms. The van der Waals surface area contributed by atoms with Crippen molar-refractivity contribution in [3.8, 4) is 0 Å². The van der Waals surface area contributed by atoms with Crippen molar-refractivity contribution < 1.29 is 4.74 Å². The number of benzene rings is 1. The van der Waals surface area contributed by atoms with Gasteiger partial charge in [0.25, 0.3) is 0 Å². The van der Waals surface area contributed by atoms with E-state index < -0.39 is 0 Å². The molecule has 0 spiro atoms. The molecule has 0 radical (unpaired) electrons. The monoisotopic (exact) mass is 207 g/mol. The first kappa shape index (κ1) is 12.2. The average molecular weight is 207 g/mol. The highest BCUT2D eigenvalue weighted by atomic mass is 16.5. The highest BCUT2D eigenvalue weighted by Crippen LogP contribution is 2.06. The van der Waals surface area contributed by atoms with Gasteiger partial charge in [-0.15, -0.1) is 0 Å². The summed E-state index contributed by atoms with van der Waals surface area (Å²) in [7, 11) is 0. The van der Waals surface area contributed by atoms with Gasteiger partial charge in [0.05, 0.1) is 6.61 Å². The van der Waals surface area contributed by atoms with Gasteiger partial charge in [-0.1, -0.05) is 31.2 Å². The minimum Gasteiger partial charge on any atom is -0.377 e. The summed E-state index contributed by atoms with van der Waals surface area (Å²) in [6.45, 7) is 7.76. The Morgan fingerprint density at radius 1 is 1.07 bits per heavy atom. The van der Waals surface area contributed by atoms with Crippen LogP contribution in [0.1, 0.15) is 25.0 Å². The molecule has 0 atom stereocenters. The van der Waals surface area contributed by atoms with Crippen molar-refractivity contribution in [2.75, 3.05) is 19.7 Å². The maximum absolute atomic E-state index is 5.35. The van der Waals surface area contributed by atoms with E-state index in [0.717, 1.165) is 32.7 Å². The highest BCUT2D eigenvalue weighted by Gasteiger charge is 1.94. The van der Waals surface area contributed by atoms with Crippen molar-refractivity contribution in [1.82, 2.24) is 5.32 Å². The zero-order chi connectivity index (χ0) is 10.9. The van der Waals surface area contributed by atoms with Crippen molar-refractivity contribution in [2.45, 2.75) is 26.9 Å². The van der Waals surface area contributed by atoms with Crippen LogP contribution in [0.25, 0.3) is 0 Å². The average Bonchev–Trinajstić information content (AvgIpc) is 2.28. The van der Waals surface area contributed by atoms with Crippen LogP contribution >= 0.6 is 0 Å². The molecule has 0 heterocycles. The lowest BCUT2D eigenvalue weighted by Crippen LogP contribution is -2.15. The van der Waals surface area contributed by atoms with E-state index in [0.29, 0.717) is 0 Å². The van der Waals surface area contributed by atoms with Gasteiger partial charge >= 0.3 is 0 Å². The minimum atomic E-state index is 0.726. The van der Waals surface area contributed by atoms with E-state index in [1.165, 1.54) is 11.1 Å². The molecule has 1 aromatic rings. The molecule has 0 aromatic heterocycles. The summed E-state index contributed by atoms with van der Waals surface area (Å²) in [5, 5.41) is 3.32. The molecule has 0 saturated carbocycles. The van der Waals surface area contributed by atoms with Crippen LogP contribution in [0.2, 0.25) is 0 Å². The molecule has 2 nitrogen and oxygen atoms in total. The summed E-state index contributed by atoms with van der Waals surface area (Å²) >= 11 is 0. The first-order chi connectivity index (χ1) is 7.36. The fourth-order valence-electron chi connectivity index (χ4n) is 1.43. The van der Waals surface area contributed by atoms with E-state index in [-0.39, 0.29) is 0 Å². The Morgan fingerprint density at radius 2 is 1.73 bits per heavy atom. The van der Waals surface area contributed by atoms with E-state index >= 15 is 0 Å². The zero-order valence-corrected chi connectivity index (χ0v) is 9.75. The van der Waals surface area contributed by atoms with E-state index in [2.05, 4.69) is 36.5 Å². The molecule has 15 heavy (non-hydrogen) atoms. The molecule has 0 aliphatic heterocycles. The van der Waals surface area contributed by atoms with E-state index in [1.807, 2.05) is 6.92 Å². The van der Waals surface area contributed by atoms with Crippen molar-refractivity contribution in [3.63, 3.8) is 0 Å². The molecule has 84 valence electrons. The largest absolute Gasteiger partial charge is 0.377 e. The third kappa shape index (κ3) is 4.96. The second-order valence-electron chi connectivity index (χ2n) is 3.56. The Hall–Kier alpha value is -0.860. The molecule has 0 saturated heterocycles. The van der Waals surface area contributed by atoms with Crippen LogP contribution in [0.15, 0.2) is 24.3 Å². The number of hydrogen-bond donors (Lipinski definition) is 1. The summed E-state index contributed by atoms with van der Waals surface area (Å²) in [6.07, 6.45) is 1.10. The van der Waals surface area contributed by atoms with Crippen molar-refractivity contribution >= 4 is 0 Å². The summed E-state index contributed by atoms with van der Waals surface area (Å²) < 4.78 is 5.35. The summed E-state index contributed by atoms with van der Waals surface area (Å²) in [6, 6.07) is 8.67. The molecule has 0 bridgehead atoms. The van der Waals surface area contributed by atoms with Crippen LogP contribution in [-0.2, 0) is 17.8 Å². The van der Waals surface area contributed by atoms with Gasteiger partial charge in [0, 0.05) is 6.61 Å². The molecular weight excluding hydrogens is 186 g/mol. The van der Waals surface area contributed by atoms with Crippen LogP contribution in [0.5, 0.6) is 0 Å².